The second kappa shape index (κ2) is 14.4. The summed E-state index contributed by atoms with van der Waals surface area (Å²) in [4.78, 5) is 39.4. The maximum atomic E-state index is 11.4. The fourth-order valence-corrected chi connectivity index (χ4v) is 5.87. The summed E-state index contributed by atoms with van der Waals surface area (Å²) < 4.78 is 0. The molecule has 8 heteroatoms. The highest BCUT2D eigenvalue weighted by atomic mass is 16.2. The van der Waals surface area contributed by atoms with Crippen molar-refractivity contribution >= 4 is 44.7 Å². The van der Waals surface area contributed by atoms with Gasteiger partial charge in [-0.05, 0) is 95.1 Å². The first-order valence-electron chi connectivity index (χ1n) is 16.5. The van der Waals surface area contributed by atoms with Gasteiger partial charge in [0, 0.05) is 38.8 Å². The minimum atomic E-state index is 0.103. The molecule has 6 rings (SSSR count). The molecule has 46 heavy (non-hydrogen) atoms. The summed E-state index contributed by atoms with van der Waals surface area (Å²) in [6.45, 7) is 5.17. The van der Waals surface area contributed by atoms with E-state index in [1.807, 2.05) is 13.8 Å². The van der Waals surface area contributed by atoms with Crippen LogP contribution >= 0.6 is 0 Å². The minimum Gasteiger partial charge on any atom is -0.356 e. The molecule has 0 atom stereocenters. The average Bonchev–Trinajstić information content (AvgIpc) is 3.69. The first kappa shape index (κ1) is 31.0. The van der Waals surface area contributed by atoms with Gasteiger partial charge in [0.1, 0.15) is 11.6 Å². The Labute approximate surface area is 269 Å². The van der Waals surface area contributed by atoms with Crippen LogP contribution in [0.1, 0.15) is 64.0 Å². The van der Waals surface area contributed by atoms with Gasteiger partial charge in [-0.15, -0.1) is 0 Å². The van der Waals surface area contributed by atoms with Gasteiger partial charge in [0.15, 0.2) is 0 Å². The Morgan fingerprint density at radius 1 is 0.565 bits per heavy atom. The van der Waals surface area contributed by atoms with Gasteiger partial charge in [-0.1, -0.05) is 50.2 Å². The van der Waals surface area contributed by atoms with Crippen molar-refractivity contribution in [1.82, 2.24) is 30.6 Å². The maximum Gasteiger partial charge on any atom is 0.219 e. The fraction of sp³-hybridized carbons (Fsp3) is 0.316. The van der Waals surface area contributed by atoms with Crippen molar-refractivity contribution in [2.24, 2.45) is 0 Å². The number of unbranched alkanes of at least 4 members (excludes halogenated alkanes) is 2. The van der Waals surface area contributed by atoms with Crippen LogP contribution in [0.15, 0.2) is 72.8 Å². The van der Waals surface area contributed by atoms with Crippen LogP contribution in [0.5, 0.6) is 0 Å². The molecule has 0 spiro atoms. The quantitative estimate of drug-likeness (QED) is 0.0945. The van der Waals surface area contributed by atoms with Gasteiger partial charge in [-0.25, -0.2) is 9.97 Å². The average molecular weight is 615 g/mol. The Morgan fingerprint density at radius 2 is 0.978 bits per heavy atom. The lowest BCUT2D eigenvalue weighted by atomic mass is 9.97. The number of rotatable bonds is 14. The lowest BCUT2D eigenvalue weighted by molar-refractivity contribution is -0.121. The Morgan fingerprint density at radius 3 is 1.41 bits per heavy atom. The van der Waals surface area contributed by atoms with Crippen LogP contribution < -0.4 is 10.6 Å². The van der Waals surface area contributed by atoms with Crippen molar-refractivity contribution in [3.63, 3.8) is 0 Å². The number of benzene rings is 4. The van der Waals surface area contributed by atoms with Gasteiger partial charge in [0.05, 0.1) is 22.1 Å². The molecular formula is C38H42N6O2. The number of nitrogens with zero attached hydrogens (tertiary/aromatic N) is 2. The number of H-pyrrole nitrogens is 2. The van der Waals surface area contributed by atoms with E-state index in [1.165, 1.54) is 21.9 Å². The van der Waals surface area contributed by atoms with Crippen molar-refractivity contribution in [2.45, 2.75) is 65.2 Å². The molecule has 0 bridgehead atoms. The number of aromatic nitrogens is 4. The molecule has 0 radical (unpaired) electrons. The molecule has 0 aliphatic rings. The maximum absolute atomic E-state index is 11.4. The van der Waals surface area contributed by atoms with Crippen LogP contribution in [-0.4, -0.2) is 44.8 Å². The molecule has 2 amide bonds. The molecule has 0 saturated heterocycles. The molecule has 0 fully saturated rings. The smallest absolute Gasteiger partial charge is 0.219 e. The SMILES string of the molecule is CCC(=O)NCCCCc1nc2ccc(-c3ccc4cc(-c5ccc6nc(CCCCNC(=O)CC)[nH]c6c5)ccc4c3)cc2[nH]1. The third kappa shape index (κ3) is 7.45. The third-order valence-electron chi connectivity index (χ3n) is 8.54. The van der Waals surface area contributed by atoms with Crippen molar-refractivity contribution in [1.29, 1.82) is 0 Å². The molecule has 4 N–H and O–H groups in total. The molecule has 0 saturated carbocycles. The summed E-state index contributed by atoms with van der Waals surface area (Å²) in [5.74, 6) is 2.18. The Hall–Kier alpha value is -4.98. The van der Waals surface area contributed by atoms with Crippen LogP contribution in [0.25, 0.3) is 55.1 Å². The van der Waals surface area contributed by atoms with Gasteiger partial charge in [-0.3, -0.25) is 9.59 Å². The Bertz CT molecular complexity index is 1850. The van der Waals surface area contributed by atoms with Crippen LogP contribution in [0, 0.1) is 0 Å². The van der Waals surface area contributed by atoms with Crippen molar-refractivity contribution in [3.05, 3.63) is 84.4 Å². The summed E-state index contributed by atoms with van der Waals surface area (Å²) in [5.41, 5.74) is 8.68. The lowest BCUT2D eigenvalue weighted by Crippen LogP contribution is -2.23. The fourth-order valence-electron chi connectivity index (χ4n) is 5.87. The van der Waals surface area contributed by atoms with E-state index in [1.54, 1.807) is 0 Å². The molecule has 4 aromatic carbocycles. The van der Waals surface area contributed by atoms with Gasteiger partial charge in [0.2, 0.25) is 11.8 Å². The van der Waals surface area contributed by atoms with Crippen LogP contribution in [-0.2, 0) is 22.4 Å². The summed E-state index contributed by atoms with van der Waals surface area (Å²) >= 11 is 0. The van der Waals surface area contributed by atoms with Gasteiger partial charge in [-0.2, -0.15) is 0 Å². The van der Waals surface area contributed by atoms with E-state index in [0.717, 1.165) is 83.4 Å². The summed E-state index contributed by atoms with van der Waals surface area (Å²) in [6, 6.07) is 26.1. The number of aryl methyl sites for hydroxylation is 2. The Balaban J connectivity index is 1.11. The molecule has 2 heterocycles. The van der Waals surface area contributed by atoms with Crippen LogP contribution in [0.4, 0.5) is 0 Å². The van der Waals surface area contributed by atoms with Crippen molar-refractivity contribution in [2.75, 3.05) is 13.1 Å². The molecular weight excluding hydrogens is 572 g/mol. The standard InChI is InChI=1S/C38H42N6O2/c1-3-37(45)39-19-7-5-9-35-41-31-17-15-29(23-33(31)43-35)27-13-11-26-22-28(14-12-25(26)21-27)30-16-18-32-34(24-30)44-36(42-32)10-6-8-20-40-38(46)4-2/h11-18,21-24H,3-10,19-20H2,1-2H3,(H,39,45)(H,40,46)(H,41,43)(H,42,44). The number of carbonyl (C=O) groups excluding carboxylic acids is 2. The third-order valence-corrected chi connectivity index (χ3v) is 8.54. The van der Waals surface area contributed by atoms with Crippen LogP contribution in [0.3, 0.4) is 0 Å². The minimum absolute atomic E-state index is 0.103. The topological polar surface area (TPSA) is 116 Å². The number of hydrogen-bond acceptors (Lipinski definition) is 4. The summed E-state index contributed by atoms with van der Waals surface area (Å²) in [7, 11) is 0. The van der Waals surface area contributed by atoms with E-state index < -0.39 is 0 Å². The van der Waals surface area contributed by atoms with E-state index in [4.69, 9.17) is 9.97 Å². The highest BCUT2D eigenvalue weighted by molar-refractivity contribution is 5.93. The first-order valence-corrected chi connectivity index (χ1v) is 16.5. The second-order valence-corrected chi connectivity index (χ2v) is 11.9. The molecule has 236 valence electrons. The predicted molar refractivity (Wildman–Crippen MR) is 187 cm³/mol. The highest BCUT2D eigenvalue weighted by Gasteiger charge is 2.09. The van der Waals surface area contributed by atoms with E-state index in [2.05, 4.69) is 93.4 Å². The van der Waals surface area contributed by atoms with Gasteiger partial charge >= 0.3 is 0 Å². The molecule has 0 aliphatic carbocycles. The van der Waals surface area contributed by atoms with Gasteiger partial charge < -0.3 is 20.6 Å². The van der Waals surface area contributed by atoms with E-state index >= 15 is 0 Å². The summed E-state index contributed by atoms with van der Waals surface area (Å²) in [6.07, 6.45) is 6.60. The number of amides is 2. The number of imidazole rings is 2. The Kier molecular flexibility index (Phi) is 9.72. The molecule has 6 aromatic rings. The zero-order valence-electron chi connectivity index (χ0n) is 26.7. The molecule has 2 aromatic heterocycles. The van der Waals surface area contributed by atoms with Crippen molar-refractivity contribution in [3.8, 4) is 22.3 Å². The molecule has 0 aliphatic heterocycles. The number of aromatic amines is 2. The molecule has 0 unspecified atom stereocenters. The lowest BCUT2D eigenvalue weighted by Gasteiger charge is -2.07. The van der Waals surface area contributed by atoms with E-state index in [9.17, 15) is 9.59 Å². The molecule has 8 nitrogen and oxygen atoms in total. The number of fused-ring (bicyclic) bond motifs is 3. The predicted octanol–water partition coefficient (Wildman–Crippen LogP) is 7.62. The second-order valence-electron chi connectivity index (χ2n) is 11.9. The zero-order valence-corrected chi connectivity index (χ0v) is 26.7. The number of nitrogens with one attached hydrogen (secondary N) is 4. The zero-order chi connectivity index (χ0) is 31.9. The monoisotopic (exact) mass is 614 g/mol. The van der Waals surface area contributed by atoms with Crippen molar-refractivity contribution < 1.29 is 9.59 Å². The largest absolute Gasteiger partial charge is 0.356 e. The summed E-state index contributed by atoms with van der Waals surface area (Å²) in [5, 5.41) is 8.26. The normalized spacial score (nSPS) is 11.4. The highest BCUT2D eigenvalue weighted by Crippen LogP contribution is 2.31. The van der Waals surface area contributed by atoms with E-state index in [0.29, 0.717) is 25.9 Å². The first-order chi connectivity index (χ1) is 22.5. The number of carbonyl (C=O) groups is 2. The van der Waals surface area contributed by atoms with Gasteiger partial charge in [0.25, 0.3) is 0 Å². The number of hydrogen-bond donors (Lipinski definition) is 4. The van der Waals surface area contributed by atoms with Crippen LogP contribution in [0.2, 0.25) is 0 Å². The van der Waals surface area contributed by atoms with E-state index in [-0.39, 0.29) is 11.8 Å².